The predicted molar refractivity (Wildman–Crippen MR) is 154 cm³/mol. The van der Waals surface area contributed by atoms with Gasteiger partial charge in [-0.15, -0.1) is 0 Å². The summed E-state index contributed by atoms with van der Waals surface area (Å²) in [6.45, 7) is 0. The van der Waals surface area contributed by atoms with Crippen LogP contribution in [0.15, 0.2) is 133 Å². The van der Waals surface area contributed by atoms with Gasteiger partial charge in [0.2, 0.25) is 0 Å². The van der Waals surface area contributed by atoms with Gasteiger partial charge in [0.15, 0.2) is 0 Å². The Hall–Kier alpha value is -3.29. The Balaban J connectivity index is 0.00000169. The monoisotopic (exact) mass is 647 g/mol. The molecule has 0 amide bonds. The molecule has 0 radical (unpaired) electrons. The first kappa shape index (κ1) is 29.2. The van der Waals surface area contributed by atoms with Gasteiger partial charge in [-0.3, -0.25) is 0 Å². The van der Waals surface area contributed by atoms with Crippen LogP contribution in [-0.4, -0.2) is 0 Å². The molecular formula is C37H24Cl2FZr. The molecule has 5 aromatic carbocycles. The molecule has 0 bridgehead atoms. The topological polar surface area (TPSA) is 0 Å². The summed E-state index contributed by atoms with van der Waals surface area (Å²) in [6.07, 6.45) is 5.05. The molecule has 197 valence electrons. The minimum Gasteiger partial charge on any atom is -1.00 e. The average Bonchev–Trinajstić information content (AvgIpc) is 3.58. The average molecular weight is 650 g/mol. The molecule has 0 N–H and O–H groups in total. The molecule has 2 aliphatic carbocycles. The normalized spacial score (nSPS) is 12.9. The van der Waals surface area contributed by atoms with Crippen molar-refractivity contribution >= 4 is 20.0 Å². The smallest absolute Gasteiger partial charge is 1.00 e. The van der Waals surface area contributed by atoms with Crippen molar-refractivity contribution in [3.05, 3.63) is 188 Å². The van der Waals surface area contributed by atoms with Crippen molar-refractivity contribution < 1.29 is 53.9 Å². The van der Waals surface area contributed by atoms with Gasteiger partial charge in [0, 0.05) is 0 Å². The van der Waals surface area contributed by atoms with Crippen molar-refractivity contribution in [1.82, 2.24) is 0 Å². The van der Waals surface area contributed by atoms with Crippen LogP contribution in [0, 0.1) is 16.3 Å². The Bertz CT molecular complexity index is 2000. The molecule has 0 heterocycles. The van der Waals surface area contributed by atoms with Crippen LogP contribution in [0.25, 0.3) is 20.0 Å². The molecule has 7 rings (SSSR count). The van der Waals surface area contributed by atoms with Crippen molar-refractivity contribution in [3.63, 3.8) is 0 Å². The van der Waals surface area contributed by atoms with Crippen molar-refractivity contribution in [3.8, 4) is 0 Å². The second-order valence-electron chi connectivity index (χ2n) is 9.92. The van der Waals surface area contributed by atoms with Gasteiger partial charge in [0.05, 0.1) is 0 Å². The van der Waals surface area contributed by atoms with Crippen molar-refractivity contribution in [1.29, 1.82) is 0 Å². The minimum atomic E-state index is -0.184. The molecule has 41 heavy (non-hydrogen) atoms. The third-order valence-electron chi connectivity index (χ3n) is 7.73. The number of hydrogen-bond donors (Lipinski definition) is 0. The van der Waals surface area contributed by atoms with Gasteiger partial charge < -0.3 is 24.8 Å². The summed E-state index contributed by atoms with van der Waals surface area (Å²) >= 11 is 1.38. The minimum absolute atomic E-state index is 0. The number of allylic oxidation sites excluding steroid dienone is 4. The van der Waals surface area contributed by atoms with E-state index in [0.717, 1.165) is 12.0 Å². The Morgan fingerprint density at radius 2 is 1.17 bits per heavy atom. The van der Waals surface area contributed by atoms with E-state index in [-0.39, 0.29) is 30.6 Å². The molecule has 2 aliphatic rings. The molecule has 0 aliphatic heterocycles. The third kappa shape index (κ3) is 5.04. The Labute approximate surface area is 266 Å². The Morgan fingerprint density at radius 1 is 0.585 bits per heavy atom. The Kier molecular flexibility index (Phi) is 8.76. The van der Waals surface area contributed by atoms with Crippen LogP contribution in [-0.2, 0) is 24.7 Å². The quantitative estimate of drug-likeness (QED) is 0.275. The fourth-order valence-corrected chi connectivity index (χ4v) is 7.21. The summed E-state index contributed by atoms with van der Waals surface area (Å²) in [4.78, 5) is 0. The van der Waals surface area contributed by atoms with E-state index in [1.165, 1.54) is 82.3 Å². The fourth-order valence-electron chi connectivity index (χ4n) is 6.04. The van der Waals surface area contributed by atoms with Crippen molar-refractivity contribution in [2.75, 3.05) is 0 Å². The molecule has 0 fully saturated rings. The number of hydrogen-bond acceptors (Lipinski definition) is 0. The van der Waals surface area contributed by atoms with E-state index >= 15 is 4.39 Å². The molecule has 0 aromatic heterocycles. The summed E-state index contributed by atoms with van der Waals surface area (Å²) in [5, 5.41) is 5.05. The van der Waals surface area contributed by atoms with Crippen molar-refractivity contribution in [2.24, 2.45) is 0 Å². The molecule has 0 unspecified atom stereocenters. The molecule has 4 heteroatoms. The molecule has 5 aromatic rings. The van der Waals surface area contributed by atoms with Gasteiger partial charge >= 0.3 is 244 Å². The first-order chi connectivity index (χ1) is 19.2. The van der Waals surface area contributed by atoms with Gasteiger partial charge in [-0.2, -0.15) is 0 Å². The van der Waals surface area contributed by atoms with Gasteiger partial charge in [-0.25, -0.2) is 0 Å². The molecular weight excluding hydrogens is 626 g/mol. The number of fused-ring (bicyclic) bond motifs is 2. The number of rotatable bonds is 4. The zero-order valence-corrected chi connectivity index (χ0v) is 26.0. The summed E-state index contributed by atoms with van der Waals surface area (Å²) in [5.74, 6) is -0.184. The maximum absolute atomic E-state index is 15.2. The Morgan fingerprint density at radius 3 is 1.83 bits per heavy atom. The standard InChI is InChI=1S/C37H24F.2ClH.Zr/c38-35-21-10-9-18-31(35)29-19-11-20-32(29)37-33(23-22-30-28-17-8-7-16-27(28)24-34(30)37)36(25-12-3-1-4-13-25)26-14-5-2-6-15-26;;;/h1-19,21-23H,20H2;2*1H;/q;;;+2/p-2. The number of benzene rings is 5. The maximum atomic E-state index is 15.2. The van der Waals surface area contributed by atoms with E-state index in [1.54, 1.807) is 12.1 Å². The molecule has 0 saturated carbocycles. The van der Waals surface area contributed by atoms with Crippen LogP contribution in [0.1, 0.15) is 34.2 Å². The third-order valence-corrected chi connectivity index (χ3v) is 9.01. The summed E-state index contributed by atoms with van der Waals surface area (Å²) in [7, 11) is 0. The van der Waals surface area contributed by atoms with Crippen LogP contribution in [0.3, 0.4) is 0 Å². The summed E-state index contributed by atoms with van der Waals surface area (Å²) < 4.78 is 16.6. The second-order valence-corrected chi connectivity index (χ2v) is 11.1. The van der Waals surface area contributed by atoms with E-state index in [2.05, 4.69) is 109 Å². The molecule has 0 atom stereocenters. The van der Waals surface area contributed by atoms with Crippen molar-refractivity contribution in [2.45, 2.75) is 6.42 Å². The van der Waals surface area contributed by atoms with Crippen LogP contribution >= 0.6 is 0 Å². The van der Waals surface area contributed by atoms with Gasteiger partial charge in [-0.05, 0) is 0 Å². The molecule has 0 saturated heterocycles. The SMILES string of the molecule is Fc1ccccc1C1=C(c2c3c(ccc2=C(c2ccccc2)c2ccccc2)=c2ccccc2=[C]3[Zr+2])CC=C1.[Cl-].[Cl-]. The second kappa shape index (κ2) is 12.3. The summed E-state index contributed by atoms with van der Waals surface area (Å²) in [6, 6.07) is 41.7. The van der Waals surface area contributed by atoms with Crippen LogP contribution in [0.4, 0.5) is 4.39 Å². The number of halogens is 3. The zero-order chi connectivity index (χ0) is 26.3. The van der Waals surface area contributed by atoms with E-state index in [0.29, 0.717) is 5.56 Å². The van der Waals surface area contributed by atoms with Crippen LogP contribution in [0.2, 0.25) is 0 Å². The molecule has 0 spiro atoms. The predicted octanol–water partition coefficient (Wildman–Crippen LogP) is 1.26. The largest absolute Gasteiger partial charge is 1.00 e. The van der Waals surface area contributed by atoms with Gasteiger partial charge in [0.1, 0.15) is 0 Å². The van der Waals surface area contributed by atoms with E-state index in [4.69, 9.17) is 0 Å². The van der Waals surface area contributed by atoms with Crippen LogP contribution in [0.5, 0.6) is 0 Å². The van der Waals surface area contributed by atoms with E-state index in [9.17, 15) is 0 Å². The fraction of sp³-hybridized carbons (Fsp3) is 0.0270. The zero-order valence-electron chi connectivity index (χ0n) is 22.0. The maximum Gasteiger partial charge on any atom is -1.00 e. The van der Waals surface area contributed by atoms with E-state index < -0.39 is 0 Å². The van der Waals surface area contributed by atoms with Crippen LogP contribution < -0.4 is 35.3 Å². The molecule has 0 nitrogen and oxygen atoms in total. The van der Waals surface area contributed by atoms with E-state index in [1.807, 2.05) is 12.1 Å². The van der Waals surface area contributed by atoms with Gasteiger partial charge in [-0.1, -0.05) is 0 Å². The first-order valence-corrected chi connectivity index (χ1v) is 14.4. The first-order valence-electron chi connectivity index (χ1n) is 13.2. The summed E-state index contributed by atoms with van der Waals surface area (Å²) in [5.41, 5.74) is 8.87. The van der Waals surface area contributed by atoms with Gasteiger partial charge in [0.25, 0.3) is 0 Å².